The van der Waals surface area contributed by atoms with Gasteiger partial charge in [-0.3, -0.25) is 4.79 Å². The van der Waals surface area contributed by atoms with Crippen molar-refractivity contribution in [3.8, 4) is 0 Å². The van der Waals surface area contributed by atoms with Gasteiger partial charge in [0.1, 0.15) is 16.9 Å². The Kier molecular flexibility index (Phi) is 7.54. The molecule has 0 unspecified atom stereocenters. The molecule has 192 valence electrons. The van der Waals surface area contributed by atoms with Crippen LogP contribution in [0.1, 0.15) is 80.5 Å². The third kappa shape index (κ3) is 4.91. The van der Waals surface area contributed by atoms with Crippen molar-refractivity contribution < 1.29 is 27.2 Å². The van der Waals surface area contributed by atoms with Crippen molar-refractivity contribution in [3.05, 3.63) is 59.4 Å². The molecule has 3 aromatic rings. The largest absolute Gasteiger partial charge is 0.462 e. The fourth-order valence-corrected chi connectivity index (χ4v) is 6.29. The van der Waals surface area contributed by atoms with E-state index in [1.165, 1.54) is 0 Å². The van der Waals surface area contributed by atoms with Crippen LogP contribution < -0.4 is 4.31 Å². The minimum Gasteiger partial charge on any atom is -0.462 e. The quantitative estimate of drug-likeness (QED) is 0.343. The number of benzene rings is 2. The van der Waals surface area contributed by atoms with Crippen LogP contribution in [0.3, 0.4) is 0 Å². The van der Waals surface area contributed by atoms with Crippen LogP contribution in [0.5, 0.6) is 0 Å². The second-order valence-corrected chi connectivity index (χ2v) is 11.4. The van der Waals surface area contributed by atoms with E-state index < -0.39 is 21.9 Å². The fraction of sp³-hybridized carbons (Fsp3) is 0.429. The molecule has 0 saturated heterocycles. The Bertz CT molecular complexity index is 1370. The summed E-state index contributed by atoms with van der Waals surface area (Å²) in [5, 5.41) is 0.412. The molecule has 1 fully saturated rings. The smallest absolute Gasteiger partial charge is 0.342 e. The van der Waals surface area contributed by atoms with Gasteiger partial charge in [-0.1, -0.05) is 45.2 Å². The maximum Gasteiger partial charge on any atom is 0.342 e. The van der Waals surface area contributed by atoms with Crippen LogP contribution >= 0.6 is 0 Å². The molecule has 7 nitrogen and oxygen atoms in total. The summed E-state index contributed by atoms with van der Waals surface area (Å²) in [4.78, 5) is 26.5. The molecule has 0 atom stereocenters. The van der Waals surface area contributed by atoms with E-state index in [4.69, 9.17) is 9.15 Å². The van der Waals surface area contributed by atoms with E-state index >= 15 is 0 Å². The molecule has 8 heteroatoms. The highest BCUT2D eigenvalue weighted by Gasteiger charge is 2.36. The minimum absolute atomic E-state index is 0.0464. The number of carbonyl (C=O) groups excluding carboxylic acids is 2. The molecule has 0 spiro atoms. The lowest BCUT2D eigenvalue weighted by Gasteiger charge is -2.29. The number of rotatable bonds is 7. The summed E-state index contributed by atoms with van der Waals surface area (Å²) in [6, 6.07) is 11.4. The van der Waals surface area contributed by atoms with Crippen LogP contribution in [0.25, 0.3) is 11.0 Å². The van der Waals surface area contributed by atoms with Gasteiger partial charge < -0.3 is 9.15 Å². The number of amides is 1. The molecule has 2 aromatic carbocycles. The van der Waals surface area contributed by atoms with Gasteiger partial charge in [-0.15, -0.1) is 0 Å². The monoisotopic (exact) mass is 511 g/mol. The summed E-state index contributed by atoms with van der Waals surface area (Å²) < 4.78 is 39.7. The van der Waals surface area contributed by atoms with Crippen LogP contribution in [0.4, 0.5) is 5.69 Å². The van der Waals surface area contributed by atoms with Crippen LogP contribution in [0, 0.1) is 12.8 Å². The topological polar surface area (TPSA) is 93.9 Å². The van der Waals surface area contributed by atoms with Crippen LogP contribution in [0.15, 0.2) is 51.8 Å². The Morgan fingerprint density at radius 1 is 1.06 bits per heavy atom. The van der Waals surface area contributed by atoms with E-state index in [0.717, 1.165) is 29.1 Å². The first kappa shape index (κ1) is 25.9. The highest BCUT2D eigenvalue weighted by molar-refractivity contribution is 7.93. The summed E-state index contributed by atoms with van der Waals surface area (Å²) >= 11 is 0. The highest BCUT2D eigenvalue weighted by atomic mass is 32.2. The number of ether oxygens (including phenoxy) is 1. The molecule has 0 aliphatic heterocycles. The van der Waals surface area contributed by atoms with Crippen molar-refractivity contribution in [1.29, 1.82) is 0 Å². The maximum absolute atomic E-state index is 14.0. The van der Waals surface area contributed by atoms with Crippen molar-refractivity contribution in [2.75, 3.05) is 10.9 Å². The first-order chi connectivity index (χ1) is 17.1. The predicted octanol–water partition coefficient (Wildman–Crippen LogP) is 6.34. The number of fused-ring (bicyclic) bond motifs is 1. The van der Waals surface area contributed by atoms with Gasteiger partial charge in [0.25, 0.3) is 10.0 Å². The minimum atomic E-state index is -4.21. The van der Waals surface area contributed by atoms with Gasteiger partial charge in [-0.2, -0.15) is 0 Å². The number of aryl methyl sites for hydroxylation is 1. The molecule has 1 saturated carbocycles. The van der Waals surface area contributed by atoms with Gasteiger partial charge in [0.15, 0.2) is 0 Å². The van der Waals surface area contributed by atoms with Crippen molar-refractivity contribution in [1.82, 2.24) is 0 Å². The van der Waals surface area contributed by atoms with E-state index in [2.05, 4.69) is 0 Å². The van der Waals surface area contributed by atoms with Crippen molar-refractivity contribution in [2.45, 2.75) is 70.6 Å². The Morgan fingerprint density at radius 2 is 1.72 bits per heavy atom. The number of hydrogen-bond acceptors (Lipinski definition) is 6. The molecular weight excluding hydrogens is 478 g/mol. The standard InChI is InChI=1S/C28H33NO6S/c1-5-34-28(31)26-19(4)35-25-16-13-22(17-24(25)26)29(27(30)21-9-7-6-8-10-21)36(32,33)23-14-11-20(12-15-23)18(2)3/h11-18,21H,5-10H2,1-4H3. The summed E-state index contributed by atoms with van der Waals surface area (Å²) in [7, 11) is -4.21. The van der Waals surface area contributed by atoms with Gasteiger partial charge in [0.2, 0.25) is 5.91 Å². The zero-order chi connectivity index (χ0) is 26.0. The van der Waals surface area contributed by atoms with Crippen LogP contribution in [-0.4, -0.2) is 26.9 Å². The van der Waals surface area contributed by atoms with Crippen molar-refractivity contribution in [3.63, 3.8) is 0 Å². The molecule has 0 radical (unpaired) electrons. The molecule has 1 amide bonds. The molecule has 0 N–H and O–H groups in total. The van der Waals surface area contributed by atoms with E-state index in [-0.39, 0.29) is 34.6 Å². The highest BCUT2D eigenvalue weighted by Crippen LogP contribution is 2.35. The lowest BCUT2D eigenvalue weighted by molar-refractivity contribution is -0.122. The Morgan fingerprint density at radius 3 is 2.33 bits per heavy atom. The molecular formula is C28H33NO6S. The fourth-order valence-electron chi connectivity index (χ4n) is 4.82. The van der Waals surface area contributed by atoms with Gasteiger partial charge in [-0.25, -0.2) is 17.5 Å². The molecule has 4 rings (SSSR count). The average molecular weight is 512 g/mol. The number of furan rings is 1. The number of carbonyl (C=O) groups is 2. The zero-order valence-corrected chi connectivity index (χ0v) is 22.1. The first-order valence-corrected chi connectivity index (χ1v) is 14.0. The van der Waals surface area contributed by atoms with Crippen molar-refractivity contribution >= 4 is 38.6 Å². The van der Waals surface area contributed by atoms with Crippen LogP contribution in [-0.2, 0) is 19.6 Å². The number of sulfonamides is 1. The predicted molar refractivity (Wildman–Crippen MR) is 139 cm³/mol. The van der Waals surface area contributed by atoms with Gasteiger partial charge in [-0.05, 0) is 68.5 Å². The van der Waals surface area contributed by atoms with Crippen molar-refractivity contribution in [2.24, 2.45) is 5.92 Å². The lowest BCUT2D eigenvalue weighted by atomic mass is 9.88. The number of anilines is 1. The number of esters is 1. The molecule has 36 heavy (non-hydrogen) atoms. The molecule has 1 aliphatic carbocycles. The second kappa shape index (κ2) is 10.5. The van der Waals surface area contributed by atoms with Crippen LogP contribution in [0.2, 0.25) is 0 Å². The van der Waals surface area contributed by atoms with Gasteiger partial charge in [0, 0.05) is 11.3 Å². The van der Waals surface area contributed by atoms with E-state index in [9.17, 15) is 18.0 Å². The molecule has 1 heterocycles. The van der Waals surface area contributed by atoms with Gasteiger partial charge >= 0.3 is 5.97 Å². The second-order valence-electron chi connectivity index (χ2n) is 9.60. The SMILES string of the molecule is CCOC(=O)c1c(C)oc2ccc(N(C(=O)C3CCCCC3)S(=O)(=O)c3ccc(C(C)C)cc3)cc12. The zero-order valence-electron chi connectivity index (χ0n) is 21.2. The summed E-state index contributed by atoms with van der Waals surface area (Å²) in [5.41, 5.74) is 1.84. The van der Waals surface area contributed by atoms with E-state index in [0.29, 0.717) is 29.6 Å². The molecule has 1 aromatic heterocycles. The average Bonchev–Trinajstić information content (AvgIpc) is 3.19. The summed E-state index contributed by atoms with van der Waals surface area (Å²) in [5.74, 6) is -0.759. The Hall–Kier alpha value is -3.13. The van der Waals surface area contributed by atoms with E-state index in [1.807, 2.05) is 13.8 Å². The number of nitrogens with zero attached hydrogens (tertiary/aromatic N) is 1. The molecule has 0 bridgehead atoms. The first-order valence-electron chi connectivity index (χ1n) is 12.5. The van der Waals surface area contributed by atoms with E-state index in [1.54, 1.807) is 56.3 Å². The third-order valence-corrected chi connectivity index (χ3v) is 8.54. The molecule has 1 aliphatic rings. The third-order valence-electron chi connectivity index (χ3n) is 6.80. The normalized spacial score (nSPS) is 14.8. The maximum atomic E-state index is 14.0. The lowest BCUT2D eigenvalue weighted by Crippen LogP contribution is -2.41. The summed E-state index contributed by atoms with van der Waals surface area (Å²) in [6.45, 7) is 7.63. The Labute approximate surface area is 212 Å². The summed E-state index contributed by atoms with van der Waals surface area (Å²) in [6.07, 6.45) is 4.12. The van der Waals surface area contributed by atoms with Gasteiger partial charge in [0.05, 0.1) is 17.2 Å². The Balaban J connectivity index is 1.86. The number of hydrogen-bond donors (Lipinski definition) is 0.